The summed E-state index contributed by atoms with van der Waals surface area (Å²) < 4.78 is 41.6. The molecule has 0 bridgehead atoms. The van der Waals surface area contributed by atoms with Gasteiger partial charge in [0.2, 0.25) is 0 Å². The molecule has 6 nitrogen and oxygen atoms in total. The largest absolute Gasteiger partial charge is 0.455 e. The summed E-state index contributed by atoms with van der Waals surface area (Å²) in [6.07, 6.45) is 1.13. The van der Waals surface area contributed by atoms with Gasteiger partial charge in [0.15, 0.2) is 9.84 Å². The first-order valence-electron chi connectivity index (χ1n) is 7.74. The van der Waals surface area contributed by atoms with E-state index in [0.29, 0.717) is 33.5 Å². The molecule has 1 amide bonds. The molecule has 1 heterocycles. The first-order chi connectivity index (χ1) is 12.3. The zero-order chi connectivity index (χ0) is 18.9. The predicted octanol–water partition coefficient (Wildman–Crippen LogP) is 3.01. The monoisotopic (exact) mass is 376 g/mol. The van der Waals surface area contributed by atoms with E-state index in [1.165, 1.54) is 31.3 Å². The van der Waals surface area contributed by atoms with Crippen molar-refractivity contribution < 1.29 is 22.0 Å². The molecule has 0 atom stereocenters. The van der Waals surface area contributed by atoms with E-state index in [2.05, 4.69) is 10.6 Å². The minimum Gasteiger partial charge on any atom is -0.455 e. The van der Waals surface area contributed by atoms with Gasteiger partial charge in [0.05, 0.1) is 5.56 Å². The Morgan fingerprint density at radius 2 is 1.85 bits per heavy atom. The fraction of sp³-hybridized carbons (Fsp3) is 0.167. The fourth-order valence-electron chi connectivity index (χ4n) is 2.58. The minimum atomic E-state index is -3.18. The molecule has 0 unspecified atom stereocenters. The molecule has 1 aromatic heterocycles. The highest BCUT2D eigenvalue weighted by molar-refractivity contribution is 7.90. The highest BCUT2D eigenvalue weighted by atomic mass is 32.2. The number of furan rings is 1. The van der Waals surface area contributed by atoms with Crippen molar-refractivity contribution in [2.45, 2.75) is 0 Å². The minimum absolute atomic E-state index is 0.216. The second-order valence-corrected chi connectivity index (χ2v) is 7.99. The first kappa shape index (κ1) is 17.9. The molecule has 3 rings (SSSR count). The second kappa shape index (κ2) is 6.80. The van der Waals surface area contributed by atoms with Gasteiger partial charge in [-0.3, -0.25) is 4.79 Å². The van der Waals surface area contributed by atoms with Crippen LogP contribution in [0.1, 0.15) is 10.4 Å². The Labute approximate surface area is 149 Å². The van der Waals surface area contributed by atoms with Gasteiger partial charge >= 0.3 is 0 Å². The van der Waals surface area contributed by atoms with Crippen LogP contribution in [0.3, 0.4) is 0 Å². The third-order valence-electron chi connectivity index (χ3n) is 3.79. The smallest absolute Gasteiger partial charge is 0.255 e. The third kappa shape index (κ3) is 3.70. The van der Waals surface area contributed by atoms with Gasteiger partial charge in [0, 0.05) is 36.0 Å². The van der Waals surface area contributed by atoms with Crippen LogP contribution in [-0.2, 0) is 9.84 Å². The molecule has 2 N–H and O–H groups in total. The summed E-state index contributed by atoms with van der Waals surface area (Å²) in [5, 5.41) is 5.95. The Morgan fingerprint density at radius 3 is 2.46 bits per heavy atom. The number of amides is 1. The zero-order valence-corrected chi connectivity index (χ0v) is 15.0. The quantitative estimate of drug-likeness (QED) is 0.715. The molecular weight excluding hydrogens is 359 g/mol. The zero-order valence-electron chi connectivity index (χ0n) is 14.2. The van der Waals surface area contributed by atoms with Crippen molar-refractivity contribution in [1.29, 1.82) is 0 Å². The summed E-state index contributed by atoms with van der Waals surface area (Å²) >= 11 is 0. The van der Waals surface area contributed by atoms with Crippen LogP contribution in [0, 0.1) is 5.82 Å². The SMILES string of the molecule is CNC(=O)c1c(-c2ccc(F)cc2)oc2cc(NCS(C)(=O)=O)ccc12. The molecule has 0 radical (unpaired) electrons. The molecule has 2 aromatic carbocycles. The van der Waals surface area contributed by atoms with E-state index in [4.69, 9.17) is 4.42 Å². The van der Waals surface area contributed by atoms with Crippen molar-refractivity contribution in [2.24, 2.45) is 0 Å². The molecule has 26 heavy (non-hydrogen) atoms. The van der Waals surface area contributed by atoms with Gasteiger partial charge in [-0.05, 0) is 36.4 Å². The predicted molar refractivity (Wildman–Crippen MR) is 98.3 cm³/mol. The number of hydrogen-bond acceptors (Lipinski definition) is 5. The number of carbonyl (C=O) groups is 1. The van der Waals surface area contributed by atoms with Crippen LogP contribution < -0.4 is 10.6 Å². The Hall–Kier alpha value is -2.87. The standard InChI is InChI=1S/C18H17FN2O4S/c1-20-18(22)16-14-8-7-13(21-10-26(2,23)24)9-15(14)25-17(16)11-3-5-12(19)6-4-11/h3-9,21H,10H2,1-2H3,(H,20,22). The molecule has 8 heteroatoms. The lowest BCUT2D eigenvalue weighted by Gasteiger charge is -2.04. The highest BCUT2D eigenvalue weighted by Crippen LogP contribution is 2.35. The van der Waals surface area contributed by atoms with Crippen molar-refractivity contribution in [3.8, 4) is 11.3 Å². The molecule has 0 saturated heterocycles. The van der Waals surface area contributed by atoms with Gasteiger partial charge in [-0.1, -0.05) is 0 Å². The second-order valence-electron chi connectivity index (χ2n) is 5.85. The van der Waals surface area contributed by atoms with Crippen molar-refractivity contribution in [2.75, 3.05) is 24.5 Å². The van der Waals surface area contributed by atoms with E-state index in [1.807, 2.05) is 0 Å². The van der Waals surface area contributed by atoms with Crippen LogP contribution >= 0.6 is 0 Å². The lowest BCUT2D eigenvalue weighted by molar-refractivity contribution is 0.0964. The van der Waals surface area contributed by atoms with Crippen molar-refractivity contribution >= 4 is 32.4 Å². The average Bonchev–Trinajstić information content (AvgIpc) is 2.98. The van der Waals surface area contributed by atoms with Gasteiger partial charge in [-0.2, -0.15) is 0 Å². The maximum Gasteiger partial charge on any atom is 0.255 e. The van der Waals surface area contributed by atoms with Crippen LogP contribution in [0.15, 0.2) is 46.9 Å². The normalized spacial score (nSPS) is 11.5. The molecule has 0 aliphatic heterocycles. The molecule has 0 fully saturated rings. The Morgan fingerprint density at radius 1 is 1.15 bits per heavy atom. The summed E-state index contributed by atoms with van der Waals surface area (Å²) in [5.74, 6) is -0.620. The number of hydrogen-bond donors (Lipinski definition) is 2. The summed E-state index contributed by atoms with van der Waals surface area (Å²) in [5.41, 5.74) is 1.86. The highest BCUT2D eigenvalue weighted by Gasteiger charge is 2.21. The molecule has 0 saturated carbocycles. The number of benzene rings is 2. The van der Waals surface area contributed by atoms with E-state index in [9.17, 15) is 17.6 Å². The molecule has 0 aliphatic carbocycles. The lowest BCUT2D eigenvalue weighted by atomic mass is 10.0. The summed E-state index contributed by atoms with van der Waals surface area (Å²) in [6, 6.07) is 10.6. The van der Waals surface area contributed by atoms with Gasteiger partial charge in [0.25, 0.3) is 5.91 Å². The number of sulfone groups is 1. The summed E-state index contributed by atoms with van der Waals surface area (Å²) in [4.78, 5) is 12.4. The van der Waals surface area contributed by atoms with Crippen LogP contribution in [-0.4, -0.2) is 33.5 Å². The average molecular weight is 376 g/mol. The van der Waals surface area contributed by atoms with E-state index in [1.54, 1.807) is 18.2 Å². The molecule has 136 valence electrons. The number of fused-ring (bicyclic) bond motifs is 1. The Bertz CT molecular complexity index is 1070. The number of carbonyl (C=O) groups excluding carboxylic acids is 1. The lowest BCUT2D eigenvalue weighted by Crippen LogP contribution is -2.18. The molecule has 0 aliphatic rings. The van der Waals surface area contributed by atoms with Crippen molar-refractivity contribution in [3.63, 3.8) is 0 Å². The first-order valence-corrected chi connectivity index (χ1v) is 9.81. The number of anilines is 1. The number of halogens is 1. The Kier molecular flexibility index (Phi) is 4.69. The Balaban J connectivity index is 2.11. The third-order valence-corrected chi connectivity index (χ3v) is 4.46. The molecule has 3 aromatic rings. The van der Waals surface area contributed by atoms with Crippen molar-refractivity contribution in [1.82, 2.24) is 5.32 Å². The summed E-state index contributed by atoms with van der Waals surface area (Å²) in [7, 11) is -1.67. The van der Waals surface area contributed by atoms with E-state index < -0.39 is 15.7 Å². The fourth-order valence-corrected chi connectivity index (χ4v) is 3.00. The number of rotatable bonds is 5. The van der Waals surface area contributed by atoms with Crippen LogP contribution in [0.4, 0.5) is 10.1 Å². The van der Waals surface area contributed by atoms with Crippen LogP contribution in [0.5, 0.6) is 0 Å². The van der Waals surface area contributed by atoms with E-state index >= 15 is 0 Å². The van der Waals surface area contributed by atoms with Gasteiger partial charge in [0.1, 0.15) is 23.0 Å². The topological polar surface area (TPSA) is 88.4 Å². The molecular formula is C18H17FN2O4S. The van der Waals surface area contributed by atoms with Gasteiger partial charge in [-0.25, -0.2) is 12.8 Å². The molecule has 0 spiro atoms. The summed E-state index contributed by atoms with van der Waals surface area (Å²) in [6.45, 7) is 0. The van der Waals surface area contributed by atoms with E-state index in [-0.39, 0.29) is 11.8 Å². The number of nitrogens with one attached hydrogen (secondary N) is 2. The van der Waals surface area contributed by atoms with Gasteiger partial charge < -0.3 is 15.1 Å². The van der Waals surface area contributed by atoms with Crippen LogP contribution in [0.25, 0.3) is 22.3 Å². The van der Waals surface area contributed by atoms with Crippen LogP contribution in [0.2, 0.25) is 0 Å². The maximum atomic E-state index is 13.2. The van der Waals surface area contributed by atoms with Gasteiger partial charge in [-0.15, -0.1) is 0 Å². The van der Waals surface area contributed by atoms with Crippen molar-refractivity contribution in [3.05, 3.63) is 53.8 Å². The van der Waals surface area contributed by atoms with E-state index in [0.717, 1.165) is 6.26 Å². The maximum absolute atomic E-state index is 13.2.